The predicted molar refractivity (Wildman–Crippen MR) is 81.9 cm³/mol. The molecule has 1 aliphatic heterocycles. The van der Waals surface area contributed by atoms with E-state index in [1.807, 2.05) is 13.8 Å². The van der Waals surface area contributed by atoms with E-state index in [2.05, 4.69) is 4.90 Å². The van der Waals surface area contributed by atoms with Crippen LogP contribution in [0.15, 0.2) is 12.1 Å². The average molecular weight is 280 g/mol. The van der Waals surface area contributed by atoms with Gasteiger partial charge in [-0.2, -0.15) is 0 Å². The predicted octanol–water partition coefficient (Wildman–Crippen LogP) is 3.97. The smallest absolute Gasteiger partial charge is 0.167 e. The maximum atomic E-state index is 13.9. The van der Waals surface area contributed by atoms with Crippen molar-refractivity contribution in [1.29, 1.82) is 0 Å². The van der Waals surface area contributed by atoms with Crippen molar-refractivity contribution in [3.05, 3.63) is 17.9 Å². The van der Waals surface area contributed by atoms with Crippen LogP contribution in [0.3, 0.4) is 0 Å². The number of nitrogens with two attached hydrogens (primary N) is 1. The lowest BCUT2D eigenvalue weighted by molar-refractivity contribution is 0.231. The first-order valence-electron chi connectivity index (χ1n) is 7.58. The molecule has 0 radical (unpaired) electrons. The lowest BCUT2D eigenvalue weighted by Gasteiger charge is -2.28. The van der Waals surface area contributed by atoms with E-state index in [1.54, 1.807) is 6.07 Å². The maximum absolute atomic E-state index is 13.9. The second-order valence-corrected chi connectivity index (χ2v) is 5.76. The van der Waals surface area contributed by atoms with E-state index in [1.165, 1.54) is 25.3 Å². The Morgan fingerprint density at radius 3 is 2.30 bits per heavy atom. The van der Waals surface area contributed by atoms with Gasteiger partial charge in [-0.05, 0) is 26.7 Å². The second-order valence-electron chi connectivity index (χ2n) is 5.76. The van der Waals surface area contributed by atoms with Crippen molar-refractivity contribution in [3.8, 4) is 5.75 Å². The molecule has 0 saturated carbocycles. The Kier molecular flexibility index (Phi) is 5.10. The fourth-order valence-electron chi connectivity index (χ4n) is 2.66. The van der Waals surface area contributed by atoms with Crippen LogP contribution in [0.25, 0.3) is 0 Å². The monoisotopic (exact) mass is 280 g/mol. The Labute approximate surface area is 120 Å². The van der Waals surface area contributed by atoms with Gasteiger partial charge in [-0.1, -0.05) is 19.3 Å². The zero-order valence-electron chi connectivity index (χ0n) is 12.5. The largest absolute Gasteiger partial charge is 0.488 e. The highest BCUT2D eigenvalue weighted by Crippen LogP contribution is 2.32. The third-order valence-electron chi connectivity index (χ3n) is 3.64. The Hall–Kier alpha value is -1.45. The molecule has 1 fully saturated rings. The van der Waals surface area contributed by atoms with Crippen LogP contribution in [0.1, 0.15) is 46.0 Å². The zero-order valence-corrected chi connectivity index (χ0v) is 12.5. The summed E-state index contributed by atoms with van der Waals surface area (Å²) in [5.41, 5.74) is 7.41. The van der Waals surface area contributed by atoms with Crippen LogP contribution >= 0.6 is 0 Å². The summed E-state index contributed by atoms with van der Waals surface area (Å²) in [5.74, 6) is -0.0850. The summed E-state index contributed by atoms with van der Waals surface area (Å²) in [6.07, 6.45) is 6.11. The molecule has 0 amide bonds. The van der Waals surface area contributed by atoms with Gasteiger partial charge in [0.25, 0.3) is 0 Å². The molecule has 2 N–H and O–H groups in total. The van der Waals surface area contributed by atoms with Crippen molar-refractivity contribution >= 4 is 11.4 Å². The van der Waals surface area contributed by atoms with Crippen LogP contribution in [0.5, 0.6) is 5.75 Å². The summed E-state index contributed by atoms with van der Waals surface area (Å²) >= 11 is 0. The lowest BCUT2D eigenvalue weighted by atomic mass is 10.1. The molecule has 0 bridgehead atoms. The Bertz CT molecular complexity index is 440. The van der Waals surface area contributed by atoms with E-state index < -0.39 is 0 Å². The highest BCUT2D eigenvalue weighted by Gasteiger charge is 2.16. The number of nitrogens with zero attached hydrogens (tertiary/aromatic N) is 1. The Morgan fingerprint density at radius 1 is 1.10 bits per heavy atom. The lowest BCUT2D eigenvalue weighted by Crippen LogP contribution is -2.28. The summed E-state index contributed by atoms with van der Waals surface area (Å²) < 4.78 is 19.4. The molecule has 1 aromatic rings. The molecule has 0 atom stereocenters. The fraction of sp³-hybridized carbons (Fsp3) is 0.625. The van der Waals surface area contributed by atoms with Gasteiger partial charge in [0.1, 0.15) is 0 Å². The van der Waals surface area contributed by atoms with Crippen molar-refractivity contribution in [2.75, 3.05) is 23.7 Å². The first kappa shape index (κ1) is 14.9. The van der Waals surface area contributed by atoms with E-state index in [0.717, 1.165) is 31.6 Å². The van der Waals surface area contributed by atoms with Crippen molar-refractivity contribution < 1.29 is 9.13 Å². The molecule has 0 aliphatic carbocycles. The van der Waals surface area contributed by atoms with Crippen LogP contribution < -0.4 is 15.4 Å². The molecule has 112 valence electrons. The third-order valence-corrected chi connectivity index (χ3v) is 3.64. The van der Waals surface area contributed by atoms with Gasteiger partial charge in [0, 0.05) is 25.2 Å². The van der Waals surface area contributed by atoms with E-state index in [9.17, 15) is 4.39 Å². The quantitative estimate of drug-likeness (QED) is 0.852. The molecule has 20 heavy (non-hydrogen) atoms. The number of halogens is 1. The minimum atomic E-state index is -0.382. The molecular weight excluding hydrogens is 255 g/mol. The van der Waals surface area contributed by atoms with Gasteiger partial charge in [0.2, 0.25) is 0 Å². The van der Waals surface area contributed by atoms with Crippen LogP contribution in [-0.2, 0) is 0 Å². The van der Waals surface area contributed by atoms with Gasteiger partial charge < -0.3 is 15.4 Å². The summed E-state index contributed by atoms with van der Waals surface area (Å²) in [6.45, 7) is 5.76. The van der Waals surface area contributed by atoms with Gasteiger partial charge in [-0.3, -0.25) is 0 Å². The summed E-state index contributed by atoms with van der Waals surface area (Å²) in [7, 11) is 0. The molecule has 0 aromatic heterocycles. The zero-order chi connectivity index (χ0) is 14.5. The van der Waals surface area contributed by atoms with Gasteiger partial charge in [-0.25, -0.2) is 4.39 Å². The normalized spacial score (nSPS) is 16.9. The minimum Gasteiger partial charge on any atom is -0.488 e. The highest BCUT2D eigenvalue weighted by atomic mass is 19.1. The number of rotatable bonds is 3. The molecule has 4 heteroatoms. The topological polar surface area (TPSA) is 38.5 Å². The van der Waals surface area contributed by atoms with Crippen molar-refractivity contribution in [1.82, 2.24) is 0 Å². The number of benzene rings is 1. The molecule has 1 aliphatic rings. The summed E-state index contributed by atoms with van der Waals surface area (Å²) in [6, 6.07) is 3.14. The number of ether oxygens (including phenoxy) is 1. The van der Waals surface area contributed by atoms with Gasteiger partial charge >= 0.3 is 0 Å². The van der Waals surface area contributed by atoms with E-state index in [-0.39, 0.29) is 11.9 Å². The molecule has 0 unspecified atom stereocenters. The van der Waals surface area contributed by atoms with Crippen molar-refractivity contribution in [2.45, 2.75) is 52.1 Å². The van der Waals surface area contributed by atoms with E-state index in [0.29, 0.717) is 11.4 Å². The fourth-order valence-corrected chi connectivity index (χ4v) is 2.66. The summed E-state index contributed by atoms with van der Waals surface area (Å²) in [4.78, 5) is 2.26. The van der Waals surface area contributed by atoms with Gasteiger partial charge in [0.15, 0.2) is 11.6 Å². The average Bonchev–Trinajstić information content (AvgIpc) is 2.32. The first-order valence-corrected chi connectivity index (χ1v) is 7.58. The summed E-state index contributed by atoms with van der Waals surface area (Å²) in [5, 5.41) is 0. The van der Waals surface area contributed by atoms with E-state index >= 15 is 0 Å². The van der Waals surface area contributed by atoms with E-state index in [4.69, 9.17) is 10.5 Å². The van der Waals surface area contributed by atoms with Crippen LogP contribution in [0.2, 0.25) is 0 Å². The molecule has 3 nitrogen and oxygen atoms in total. The second kappa shape index (κ2) is 6.82. The maximum Gasteiger partial charge on any atom is 0.167 e. The van der Waals surface area contributed by atoms with Crippen LogP contribution in [-0.4, -0.2) is 19.2 Å². The number of nitrogen functional groups attached to an aromatic ring is 1. The van der Waals surface area contributed by atoms with Crippen LogP contribution in [0, 0.1) is 5.82 Å². The number of hydrogen-bond acceptors (Lipinski definition) is 3. The minimum absolute atomic E-state index is 0.0479. The van der Waals surface area contributed by atoms with Crippen molar-refractivity contribution in [2.24, 2.45) is 0 Å². The van der Waals surface area contributed by atoms with Crippen LogP contribution in [0.4, 0.5) is 15.8 Å². The van der Waals surface area contributed by atoms with Gasteiger partial charge in [-0.15, -0.1) is 0 Å². The standard InChI is InChI=1S/C16H25FN2O/c1-12(2)20-16-11-15(14(18)10-13(16)17)19-8-6-4-3-5-7-9-19/h10-12H,3-9,18H2,1-2H3. The number of anilines is 2. The third kappa shape index (κ3) is 3.78. The molecule has 1 saturated heterocycles. The molecule has 1 aromatic carbocycles. The SMILES string of the molecule is CC(C)Oc1cc(N2CCCCCCC2)c(N)cc1F. The Morgan fingerprint density at radius 2 is 1.70 bits per heavy atom. The Balaban J connectivity index is 2.24. The molecule has 1 heterocycles. The molecule has 2 rings (SSSR count). The first-order chi connectivity index (χ1) is 9.58. The highest BCUT2D eigenvalue weighted by molar-refractivity contribution is 5.70. The van der Waals surface area contributed by atoms with Crippen molar-refractivity contribution in [3.63, 3.8) is 0 Å². The number of hydrogen-bond donors (Lipinski definition) is 1. The molecular formula is C16H25FN2O. The molecule has 0 spiro atoms. The van der Waals surface area contributed by atoms with Gasteiger partial charge in [0.05, 0.1) is 17.5 Å².